The Hall–Kier alpha value is 0.202. The van der Waals surface area contributed by atoms with Crippen LogP contribution < -0.4 is 0 Å². The monoisotopic (exact) mass is 184 g/mol. The van der Waals surface area contributed by atoms with E-state index >= 15 is 0 Å². The summed E-state index contributed by atoms with van der Waals surface area (Å²) in [5.74, 6) is 0. The Morgan fingerprint density at radius 1 is 1.17 bits per heavy atom. The third-order valence-electron chi connectivity index (χ3n) is 2.30. The van der Waals surface area contributed by atoms with E-state index in [4.69, 9.17) is 0 Å². The fourth-order valence-corrected chi connectivity index (χ4v) is 5.58. The van der Waals surface area contributed by atoms with Crippen LogP contribution in [0.25, 0.3) is 0 Å². The van der Waals surface area contributed by atoms with Gasteiger partial charge in [-0.05, 0) is 6.42 Å². The molecule has 0 aliphatic rings. The summed E-state index contributed by atoms with van der Waals surface area (Å²) in [4.78, 5) is 11.7. The van der Waals surface area contributed by atoms with Gasteiger partial charge in [0.2, 0.25) is 0 Å². The van der Waals surface area contributed by atoms with Crippen LogP contribution in [0.3, 0.4) is 0 Å². The minimum absolute atomic E-state index is 0.586. The van der Waals surface area contributed by atoms with Gasteiger partial charge in [-0.15, -0.1) is 0 Å². The molecule has 0 heterocycles. The third-order valence-corrected chi connectivity index (χ3v) is 6.21. The summed E-state index contributed by atoms with van der Waals surface area (Å²) in [6.07, 6.45) is 1.83. The van der Waals surface area contributed by atoms with E-state index in [0.717, 1.165) is 12.8 Å². The molecule has 0 spiro atoms. The number of carbonyl (C=O) groups is 1. The molecule has 70 valence electrons. The van der Waals surface area contributed by atoms with Crippen molar-refractivity contribution in [1.29, 1.82) is 0 Å². The van der Waals surface area contributed by atoms with Gasteiger partial charge < -0.3 is 4.79 Å². The maximum absolute atomic E-state index is 11.7. The molecule has 1 nitrogen and oxygen atoms in total. The molecule has 0 aromatic heterocycles. The molecule has 0 N–H and O–H groups in total. The van der Waals surface area contributed by atoms with Crippen molar-refractivity contribution in [3.63, 3.8) is 0 Å². The average molecular weight is 184 g/mol. The van der Waals surface area contributed by atoms with E-state index in [-0.39, 0.29) is 0 Å². The smallest absolute Gasteiger partial charge is 0.321 e. The summed E-state index contributed by atoms with van der Waals surface area (Å²) >= 11 is -1.13. The Morgan fingerprint density at radius 2 is 1.58 bits per heavy atom. The quantitative estimate of drug-likeness (QED) is 0.599. The summed E-state index contributed by atoms with van der Waals surface area (Å²) in [6.45, 7) is 10.9. The topological polar surface area (TPSA) is 17.1 Å². The normalized spacial score (nSPS) is 10.9. The van der Waals surface area contributed by atoms with Crippen LogP contribution in [0.15, 0.2) is 0 Å². The summed E-state index contributed by atoms with van der Waals surface area (Å²) in [5, 5.41) is 0. The van der Waals surface area contributed by atoms with E-state index in [9.17, 15) is 4.79 Å². The van der Waals surface area contributed by atoms with Gasteiger partial charge in [-0.2, -0.15) is 0 Å². The van der Waals surface area contributed by atoms with Crippen LogP contribution in [-0.4, -0.2) is 18.8 Å². The van der Waals surface area contributed by atoms with Crippen LogP contribution in [0.5, 0.6) is 0 Å². The van der Waals surface area contributed by atoms with Crippen molar-refractivity contribution in [2.24, 2.45) is 0 Å². The molecule has 0 atom stereocenters. The van der Waals surface area contributed by atoms with Gasteiger partial charge in [0.05, 0.1) is 4.65 Å². The zero-order chi connectivity index (χ0) is 9.72. The van der Waals surface area contributed by atoms with E-state index in [0.29, 0.717) is 14.2 Å². The molecule has 0 bridgehead atoms. The molecule has 0 aliphatic carbocycles. The highest BCUT2D eigenvalue weighted by Gasteiger charge is 2.32. The molecule has 0 saturated carbocycles. The molecule has 0 aliphatic heterocycles. The highest BCUT2D eigenvalue weighted by molar-refractivity contribution is 6.91. The second kappa shape index (κ2) is 5.78. The zero-order valence-corrected chi connectivity index (χ0v) is 10.2. The highest BCUT2D eigenvalue weighted by Crippen LogP contribution is 2.21. The van der Waals surface area contributed by atoms with Gasteiger partial charge in [0, 0.05) is 0 Å². The van der Waals surface area contributed by atoms with Crippen LogP contribution in [0.1, 0.15) is 47.5 Å². The van der Waals surface area contributed by atoms with Gasteiger partial charge in [0.15, 0.2) is 0 Å². The van der Waals surface area contributed by atoms with Gasteiger partial charge in [-0.25, -0.2) is 0 Å². The predicted molar refractivity (Wildman–Crippen MR) is 55.9 cm³/mol. The standard InChI is InChI=1S/C4H7O.2C3H7.Al/c1-2-3-4-5;2*1-3-2;/h2-3H2,1H3;2*3H,1-2H3;. The van der Waals surface area contributed by atoms with Gasteiger partial charge in [0.1, 0.15) is 0 Å². The molecule has 2 heteroatoms. The largest absolute Gasteiger partial charge is 0.371 e. The minimum atomic E-state index is -1.13. The second-order valence-electron chi connectivity index (χ2n) is 4.23. The SMILES string of the molecule is CCC[C](=O)[Al]([CH](C)C)[CH](C)C. The fraction of sp³-hybridized carbons (Fsp3) is 0.900. The maximum atomic E-state index is 11.7. The Labute approximate surface area is 80.9 Å². The Kier molecular flexibility index (Phi) is 5.88. The molecular weight excluding hydrogens is 163 g/mol. The molecule has 12 heavy (non-hydrogen) atoms. The Balaban J connectivity index is 4.20. The maximum Gasteiger partial charge on any atom is 0.371 e. The lowest BCUT2D eigenvalue weighted by atomic mass is 10.4. The zero-order valence-electron chi connectivity index (χ0n) is 9.05. The van der Waals surface area contributed by atoms with Crippen molar-refractivity contribution < 1.29 is 4.79 Å². The minimum Gasteiger partial charge on any atom is -0.321 e. The molecule has 0 saturated heterocycles. The van der Waals surface area contributed by atoms with Crippen molar-refractivity contribution in [2.45, 2.75) is 57.0 Å². The second-order valence-corrected chi connectivity index (χ2v) is 8.59. The lowest BCUT2D eigenvalue weighted by Crippen LogP contribution is -2.31. The van der Waals surface area contributed by atoms with Gasteiger partial charge in [-0.3, -0.25) is 0 Å². The van der Waals surface area contributed by atoms with Crippen molar-refractivity contribution in [2.75, 3.05) is 0 Å². The predicted octanol–water partition coefficient (Wildman–Crippen LogP) is 3.21. The molecule has 0 unspecified atom stereocenters. The van der Waals surface area contributed by atoms with Crippen molar-refractivity contribution >= 4 is 18.8 Å². The van der Waals surface area contributed by atoms with Crippen LogP contribution in [0.2, 0.25) is 9.56 Å². The van der Waals surface area contributed by atoms with E-state index in [1.165, 1.54) is 0 Å². The first-order valence-corrected chi connectivity index (χ1v) is 6.94. The first-order valence-electron chi connectivity index (χ1n) is 5.03. The van der Waals surface area contributed by atoms with Crippen LogP contribution >= 0.6 is 0 Å². The van der Waals surface area contributed by atoms with E-state index in [1.807, 2.05) is 0 Å². The van der Waals surface area contributed by atoms with Gasteiger partial charge in [-0.1, -0.05) is 50.6 Å². The van der Waals surface area contributed by atoms with Gasteiger partial charge >= 0.3 is 14.1 Å². The number of carbonyl (C=O) groups excluding carboxylic acids is 1. The Bertz CT molecular complexity index is 133. The number of rotatable bonds is 5. The molecule has 0 aromatic rings. The molecule has 0 amide bonds. The molecule has 0 radical (unpaired) electrons. The highest BCUT2D eigenvalue weighted by atomic mass is 27.2. The van der Waals surface area contributed by atoms with Crippen molar-refractivity contribution in [1.82, 2.24) is 0 Å². The van der Waals surface area contributed by atoms with Crippen LogP contribution in [-0.2, 0) is 4.79 Å². The summed E-state index contributed by atoms with van der Waals surface area (Å²) < 4.78 is 1.84. The summed E-state index contributed by atoms with van der Waals surface area (Å²) in [6, 6.07) is 0. The molecule has 0 fully saturated rings. The first-order chi connectivity index (χ1) is 5.50. The lowest BCUT2D eigenvalue weighted by molar-refractivity contribution is -0.112. The van der Waals surface area contributed by atoms with Crippen molar-refractivity contribution in [3.8, 4) is 0 Å². The molecule has 0 aromatic carbocycles. The number of hydrogen-bond donors (Lipinski definition) is 0. The summed E-state index contributed by atoms with van der Waals surface area (Å²) in [5.41, 5.74) is 0. The first kappa shape index (κ1) is 12.2. The van der Waals surface area contributed by atoms with E-state index < -0.39 is 14.1 Å². The third kappa shape index (κ3) is 3.74. The Morgan fingerprint density at radius 3 is 1.83 bits per heavy atom. The fourth-order valence-electron chi connectivity index (χ4n) is 1.93. The lowest BCUT2D eigenvalue weighted by Gasteiger charge is -2.17. The van der Waals surface area contributed by atoms with Gasteiger partial charge in [0.25, 0.3) is 0 Å². The molecular formula is C10H21AlO. The molecule has 0 rings (SSSR count). The van der Waals surface area contributed by atoms with Crippen molar-refractivity contribution in [3.05, 3.63) is 0 Å². The van der Waals surface area contributed by atoms with Crippen LogP contribution in [0.4, 0.5) is 0 Å². The van der Waals surface area contributed by atoms with Crippen LogP contribution in [0, 0.1) is 0 Å². The summed E-state index contributed by atoms with van der Waals surface area (Å²) in [7, 11) is 0. The average Bonchev–Trinajstić information content (AvgIpc) is 1.85. The van der Waals surface area contributed by atoms with E-state index in [2.05, 4.69) is 34.6 Å². The van der Waals surface area contributed by atoms with E-state index in [1.54, 1.807) is 0 Å². The number of hydrogen-bond acceptors (Lipinski definition) is 1.